The maximum absolute atomic E-state index is 11.9. The van der Waals surface area contributed by atoms with Crippen LogP contribution in [0.4, 0.5) is 5.82 Å². The number of ketones is 1. The van der Waals surface area contributed by atoms with Crippen molar-refractivity contribution in [2.24, 2.45) is 5.41 Å². The molecule has 0 atom stereocenters. The third kappa shape index (κ3) is 2.94. The van der Waals surface area contributed by atoms with E-state index >= 15 is 0 Å². The number of aromatic nitrogens is 2. The molecule has 130 valence electrons. The first-order chi connectivity index (χ1) is 11.5. The normalized spacial score (nSPS) is 32.4. The molecule has 5 nitrogen and oxygen atoms in total. The van der Waals surface area contributed by atoms with Gasteiger partial charge in [-0.1, -0.05) is 0 Å². The molecule has 4 saturated carbocycles. The van der Waals surface area contributed by atoms with Gasteiger partial charge in [0.2, 0.25) is 0 Å². The fourth-order valence-corrected chi connectivity index (χ4v) is 4.46. The average molecular weight is 329 g/mol. The summed E-state index contributed by atoms with van der Waals surface area (Å²) in [6.07, 6.45) is 12.0. The zero-order valence-electron chi connectivity index (χ0n) is 14.5. The molecule has 5 rings (SSSR count). The Hall–Kier alpha value is -1.49. The maximum Gasteiger partial charge on any atom is 0.165 e. The molecule has 2 bridgehead atoms. The van der Waals surface area contributed by atoms with Crippen LogP contribution in [0.5, 0.6) is 0 Å². The van der Waals surface area contributed by atoms with Gasteiger partial charge in [-0.15, -0.1) is 0 Å². The van der Waals surface area contributed by atoms with Crippen LogP contribution in [0.2, 0.25) is 0 Å². The minimum Gasteiger partial charge on any atom is -0.390 e. The summed E-state index contributed by atoms with van der Waals surface area (Å²) in [5.74, 6) is 1.58. The molecule has 0 saturated heterocycles. The van der Waals surface area contributed by atoms with Gasteiger partial charge in [-0.05, 0) is 70.1 Å². The third-order valence-corrected chi connectivity index (χ3v) is 6.56. The van der Waals surface area contributed by atoms with Crippen molar-refractivity contribution in [2.75, 3.05) is 5.32 Å². The highest BCUT2D eigenvalue weighted by Gasteiger charge is 2.47. The third-order valence-electron chi connectivity index (χ3n) is 6.56. The Morgan fingerprint density at radius 2 is 1.92 bits per heavy atom. The quantitative estimate of drug-likeness (QED) is 0.811. The first-order valence-electron chi connectivity index (χ1n) is 9.33. The Morgan fingerprint density at radius 3 is 2.46 bits per heavy atom. The lowest BCUT2D eigenvalue weighted by Crippen LogP contribution is -2.47. The lowest BCUT2D eigenvalue weighted by molar-refractivity contribution is -0.0920. The van der Waals surface area contributed by atoms with Crippen LogP contribution in [-0.2, 0) is 6.42 Å². The zero-order valence-corrected chi connectivity index (χ0v) is 14.5. The van der Waals surface area contributed by atoms with E-state index in [1.54, 1.807) is 13.1 Å². The van der Waals surface area contributed by atoms with Crippen LogP contribution in [-0.4, -0.2) is 32.5 Å². The Kier molecular flexibility index (Phi) is 3.87. The fraction of sp³-hybridized carbons (Fsp3) is 0.737. The second-order valence-electron chi connectivity index (χ2n) is 8.28. The summed E-state index contributed by atoms with van der Waals surface area (Å²) in [5.41, 5.74) is 0.443. The van der Waals surface area contributed by atoms with Crippen molar-refractivity contribution in [3.8, 4) is 0 Å². The van der Waals surface area contributed by atoms with Gasteiger partial charge in [-0.2, -0.15) is 0 Å². The van der Waals surface area contributed by atoms with Gasteiger partial charge in [0.05, 0.1) is 11.2 Å². The fourth-order valence-electron chi connectivity index (χ4n) is 4.46. The molecule has 1 aromatic rings. The predicted octanol–water partition coefficient (Wildman–Crippen LogP) is 3.27. The number of fused-ring (bicyclic) bond motifs is 3. The van der Waals surface area contributed by atoms with Crippen molar-refractivity contribution in [3.63, 3.8) is 0 Å². The molecule has 0 amide bonds. The minimum atomic E-state index is -0.405. The molecule has 0 aliphatic heterocycles. The number of nitrogens with one attached hydrogen (secondary N) is 1. The molecule has 1 heterocycles. The van der Waals surface area contributed by atoms with E-state index in [1.807, 2.05) is 0 Å². The summed E-state index contributed by atoms with van der Waals surface area (Å²) >= 11 is 0. The Morgan fingerprint density at radius 1 is 1.25 bits per heavy atom. The van der Waals surface area contributed by atoms with Crippen molar-refractivity contribution in [3.05, 3.63) is 17.6 Å². The van der Waals surface area contributed by atoms with E-state index in [9.17, 15) is 9.90 Å². The summed E-state index contributed by atoms with van der Waals surface area (Å²) in [6, 6.07) is 0.448. The van der Waals surface area contributed by atoms with Gasteiger partial charge in [0.1, 0.15) is 11.6 Å². The highest BCUT2D eigenvalue weighted by Crippen LogP contribution is 2.53. The van der Waals surface area contributed by atoms with Crippen molar-refractivity contribution in [1.82, 2.24) is 9.97 Å². The molecule has 0 aromatic carbocycles. The van der Waals surface area contributed by atoms with Gasteiger partial charge in [0.15, 0.2) is 5.78 Å². The molecule has 4 aliphatic rings. The summed E-state index contributed by atoms with van der Waals surface area (Å²) < 4.78 is 0. The van der Waals surface area contributed by atoms with Gasteiger partial charge in [-0.25, -0.2) is 9.97 Å². The number of hydrogen-bond donors (Lipinski definition) is 2. The number of rotatable bonds is 5. The summed E-state index contributed by atoms with van der Waals surface area (Å²) in [7, 11) is 0. The maximum atomic E-state index is 11.9. The SMILES string of the molecule is CC(=O)c1cnc(CC23CCC(O)(CC2)CC3)nc1NC1CCC1. The van der Waals surface area contributed by atoms with E-state index in [0.717, 1.165) is 69.4 Å². The molecule has 0 radical (unpaired) electrons. The van der Waals surface area contributed by atoms with E-state index in [1.165, 1.54) is 6.42 Å². The van der Waals surface area contributed by atoms with E-state index in [4.69, 9.17) is 4.98 Å². The largest absolute Gasteiger partial charge is 0.390 e. The number of anilines is 1. The monoisotopic (exact) mass is 329 g/mol. The second-order valence-corrected chi connectivity index (χ2v) is 8.28. The molecule has 5 heteroatoms. The molecule has 2 N–H and O–H groups in total. The van der Waals surface area contributed by atoms with E-state index in [-0.39, 0.29) is 11.2 Å². The number of hydrogen-bond acceptors (Lipinski definition) is 5. The molecule has 24 heavy (non-hydrogen) atoms. The highest BCUT2D eigenvalue weighted by atomic mass is 16.3. The Balaban J connectivity index is 1.54. The number of aliphatic hydroxyl groups is 1. The lowest BCUT2D eigenvalue weighted by Gasteiger charge is -2.50. The number of carbonyl (C=O) groups excluding carboxylic acids is 1. The van der Waals surface area contributed by atoms with Crippen molar-refractivity contribution in [1.29, 1.82) is 0 Å². The van der Waals surface area contributed by atoms with Crippen LogP contribution in [0, 0.1) is 5.41 Å². The lowest BCUT2D eigenvalue weighted by atomic mass is 9.57. The molecular weight excluding hydrogens is 302 g/mol. The van der Waals surface area contributed by atoms with E-state index in [2.05, 4.69) is 10.3 Å². The van der Waals surface area contributed by atoms with Crippen LogP contribution < -0.4 is 5.32 Å². The number of nitrogens with zero attached hydrogens (tertiary/aromatic N) is 2. The Labute approximate surface area is 143 Å². The topological polar surface area (TPSA) is 75.1 Å². The first-order valence-corrected chi connectivity index (χ1v) is 9.33. The molecule has 0 unspecified atom stereocenters. The van der Waals surface area contributed by atoms with Crippen molar-refractivity contribution in [2.45, 2.75) is 82.8 Å². The number of carbonyl (C=O) groups is 1. The standard InChI is InChI=1S/C19H27N3O2/c1-13(23)15-12-20-16(22-17(15)21-14-3-2-4-14)11-18-5-8-19(24,9-6-18)10-7-18/h12,14,24H,2-11H2,1H3,(H,20,21,22). The van der Waals surface area contributed by atoms with E-state index < -0.39 is 5.60 Å². The second kappa shape index (κ2) is 5.80. The molecular formula is C19H27N3O2. The summed E-state index contributed by atoms with van der Waals surface area (Å²) in [5, 5.41) is 13.8. The smallest absolute Gasteiger partial charge is 0.165 e. The average Bonchev–Trinajstić information content (AvgIpc) is 2.52. The van der Waals surface area contributed by atoms with Gasteiger partial charge < -0.3 is 10.4 Å². The van der Waals surface area contributed by atoms with Gasteiger partial charge in [0.25, 0.3) is 0 Å². The molecule has 4 fully saturated rings. The molecule has 4 aliphatic carbocycles. The van der Waals surface area contributed by atoms with Crippen LogP contribution >= 0.6 is 0 Å². The van der Waals surface area contributed by atoms with Crippen LogP contribution in [0.15, 0.2) is 6.20 Å². The van der Waals surface area contributed by atoms with Crippen LogP contribution in [0.1, 0.15) is 80.9 Å². The molecule has 0 spiro atoms. The van der Waals surface area contributed by atoms with Gasteiger partial charge in [-0.3, -0.25) is 4.79 Å². The first kappa shape index (κ1) is 16.0. The van der Waals surface area contributed by atoms with Crippen LogP contribution in [0.25, 0.3) is 0 Å². The van der Waals surface area contributed by atoms with Crippen LogP contribution in [0.3, 0.4) is 0 Å². The van der Waals surface area contributed by atoms with Gasteiger partial charge in [0, 0.05) is 18.7 Å². The minimum absolute atomic E-state index is 0.0157. The predicted molar refractivity (Wildman–Crippen MR) is 92.1 cm³/mol. The zero-order chi connectivity index (χ0) is 16.8. The van der Waals surface area contributed by atoms with Crippen molar-refractivity contribution >= 4 is 11.6 Å². The number of Topliss-reactive ketones (excluding diaryl/α,β-unsaturated/α-hetero) is 1. The van der Waals surface area contributed by atoms with Gasteiger partial charge >= 0.3 is 0 Å². The molecule has 1 aromatic heterocycles. The van der Waals surface area contributed by atoms with Crippen molar-refractivity contribution < 1.29 is 9.90 Å². The Bertz CT molecular complexity index is 629. The summed E-state index contributed by atoms with van der Waals surface area (Å²) in [6.45, 7) is 1.58. The highest BCUT2D eigenvalue weighted by molar-refractivity contribution is 5.98. The van der Waals surface area contributed by atoms with E-state index in [0.29, 0.717) is 11.6 Å². The summed E-state index contributed by atoms with van der Waals surface area (Å²) in [4.78, 5) is 21.1.